The molecule has 0 spiro atoms. The van der Waals surface area contributed by atoms with Crippen molar-refractivity contribution >= 4 is 35.3 Å². The Balaban J connectivity index is 1.78. The Morgan fingerprint density at radius 2 is 1.86 bits per heavy atom. The monoisotopic (exact) mass is 520 g/mol. The van der Waals surface area contributed by atoms with Gasteiger partial charge >= 0.3 is 18.1 Å². The fourth-order valence-corrected chi connectivity index (χ4v) is 3.60. The molecule has 0 unspecified atom stereocenters. The average molecular weight is 520 g/mol. The first-order valence-electron chi connectivity index (χ1n) is 11.0. The molecule has 1 aliphatic rings. The first kappa shape index (κ1) is 27.2. The van der Waals surface area contributed by atoms with E-state index >= 15 is 0 Å². The molecule has 10 nitrogen and oxygen atoms in total. The van der Waals surface area contributed by atoms with Gasteiger partial charge in [0, 0.05) is 18.7 Å². The van der Waals surface area contributed by atoms with Crippen molar-refractivity contribution in [2.75, 3.05) is 24.5 Å². The molecule has 0 bridgehead atoms. The van der Waals surface area contributed by atoms with Crippen LogP contribution >= 0.6 is 0 Å². The van der Waals surface area contributed by atoms with Gasteiger partial charge in [-0.15, -0.1) is 0 Å². The van der Waals surface area contributed by atoms with Gasteiger partial charge in [0.25, 0.3) is 5.91 Å². The molecule has 0 aromatic heterocycles. The third-order valence-corrected chi connectivity index (χ3v) is 5.39. The lowest BCUT2D eigenvalue weighted by atomic mass is 10.1. The van der Waals surface area contributed by atoms with E-state index in [2.05, 4.69) is 4.74 Å². The highest BCUT2D eigenvalue weighted by atomic mass is 19.4. The van der Waals surface area contributed by atoms with Crippen LogP contribution in [-0.4, -0.2) is 60.3 Å². The predicted octanol–water partition coefficient (Wildman–Crippen LogP) is 2.38. The van der Waals surface area contributed by atoms with Crippen LogP contribution in [0.5, 0.6) is 5.75 Å². The van der Waals surface area contributed by atoms with E-state index in [0.717, 1.165) is 4.90 Å². The van der Waals surface area contributed by atoms with Gasteiger partial charge in [0.2, 0.25) is 5.91 Å². The lowest BCUT2D eigenvalue weighted by molar-refractivity contribution is -0.201. The van der Waals surface area contributed by atoms with Gasteiger partial charge < -0.3 is 25.0 Å². The van der Waals surface area contributed by atoms with Crippen molar-refractivity contribution in [1.82, 2.24) is 4.90 Å². The molecule has 196 valence electrons. The van der Waals surface area contributed by atoms with Crippen LogP contribution in [0.1, 0.15) is 34.8 Å². The summed E-state index contributed by atoms with van der Waals surface area (Å²) in [7, 11) is 0. The van der Waals surface area contributed by atoms with Crippen LogP contribution in [0.4, 0.5) is 18.9 Å². The maximum absolute atomic E-state index is 13.2. The Hall–Kier alpha value is -4.42. The number of hydrogen-bond acceptors (Lipinski definition) is 7. The normalized spacial score (nSPS) is 13.6. The number of fused-ring (bicyclic) bond motifs is 1. The van der Waals surface area contributed by atoms with Crippen LogP contribution in [-0.2, 0) is 25.7 Å². The van der Waals surface area contributed by atoms with Gasteiger partial charge in [-0.1, -0.05) is 18.2 Å². The first-order valence-corrected chi connectivity index (χ1v) is 11.0. The molecule has 1 heterocycles. The second-order valence-electron chi connectivity index (χ2n) is 7.96. The van der Waals surface area contributed by atoms with Gasteiger partial charge in [0.15, 0.2) is 0 Å². The molecule has 3 rings (SSSR count). The van der Waals surface area contributed by atoms with Crippen LogP contribution in [0.3, 0.4) is 0 Å². The summed E-state index contributed by atoms with van der Waals surface area (Å²) in [5.41, 5.74) is 7.13. The fourth-order valence-electron chi connectivity index (χ4n) is 3.60. The summed E-state index contributed by atoms with van der Waals surface area (Å²) in [5.74, 6) is -5.07. The Bertz CT molecular complexity index is 1250. The number of amides is 2. The third kappa shape index (κ3) is 6.63. The Morgan fingerprint density at radius 1 is 1.14 bits per heavy atom. The van der Waals surface area contributed by atoms with Crippen molar-refractivity contribution in [1.29, 1.82) is 5.41 Å². The number of ether oxygens (including phenoxy) is 2. The first-order chi connectivity index (χ1) is 17.4. The minimum absolute atomic E-state index is 0.0856. The van der Waals surface area contributed by atoms with E-state index in [0.29, 0.717) is 22.6 Å². The number of anilines is 1. The van der Waals surface area contributed by atoms with Crippen LogP contribution in [0.15, 0.2) is 42.5 Å². The van der Waals surface area contributed by atoms with Crippen LogP contribution in [0, 0.1) is 5.41 Å². The summed E-state index contributed by atoms with van der Waals surface area (Å²) in [4.78, 5) is 50.9. The van der Waals surface area contributed by atoms with Crippen molar-refractivity contribution in [2.45, 2.75) is 26.1 Å². The zero-order valence-electron chi connectivity index (χ0n) is 19.6. The van der Waals surface area contributed by atoms with E-state index in [1.165, 1.54) is 17.0 Å². The molecule has 0 atom stereocenters. The number of nitrogens with one attached hydrogen (secondary N) is 1. The quantitative estimate of drug-likeness (QED) is 0.235. The van der Waals surface area contributed by atoms with Crippen molar-refractivity contribution in [2.24, 2.45) is 5.73 Å². The van der Waals surface area contributed by atoms with Crippen LogP contribution in [0.2, 0.25) is 0 Å². The fraction of sp³-hybridized carbons (Fsp3) is 0.292. The second-order valence-corrected chi connectivity index (χ2v) is 7.96. The van der Waals surface area contributed by atoms with E-state index in [9.17, 15) is 32.3 Å². The number of nitrogen functional groups attached to an aromatic ring is 1. The van der Waals surface area contributed by atoms with Gasteiger partial charge in [-0.3, -0.25) is 19.8 Å². The molecule has 3 N–H and O–H groups in total. The predicted molar refractivity (Wildman–Crippen MR) is 124 cm³/mol. The topological polar surface area (TPSA) is 143 Å². The number of halogens is 3. The third-order valence-electron chi connectivity index (χ3n) is 5.39. The highest BCUT2D eigenvalue weighted by Crippen LogP contribution is 2.30. The van der Waals surface area contributed by atoms with Gasteiger partial charge in [-0.05, 0) is 36.8 Å². The molecular weight excluding hydrogens is 497 g/mol. The molecular formula is C24H23F3N4O6. The molecule has 0 fully saturated rings. The van der Waals surface area contributed by atoms with E-state index in [1.54, 1.807) is 37.3 Å². The number of carbonyl (C=O) groups is 4. The standard InChI is InChI=1S/C24H23F3N4O6/c1-2-31-18-7-6-16(36-13-14-4-3-5-15(10-14)21(28)29)11-17(18)22(34)30(12-19(31)32)9-8-20(33)37-23(35)24(25,26)27/h3-7,10-11H,2,8-9,12-13H2,1H3,(H3,28,29). The number of alkyl halides is 3. The largest absolute Gasteiger partial charge is 0.491 e. The van der Waals surface area contributed by atoms with Crippen molar-refractivity contribution in [3.63, 3.8) is 0 Å². The minimum atomic E-state index is -5.34. The zero-order valence-corrected chi connectivity index (χ0v) is 19.6. The molecule has 0 saturated heterocycles. The zero-order chi connectivity index (χ0) is 27.3. The van der Waals surface area contributed by atoms with E-state index in [1.807, 2.05) is 0 Å². The summed E-state index contributed by atoms with van der Waals surface area (Å²) in [6.07, 6.45) is -6.07. The van der Waals surface area contributed by atoms with Crippen molar-refractivity contribution in [3.05, 3.63) is 59.2 Å². The minimum Gasteiger partial charge on any atom is -0.489 e. The number of likely N-dealkylation sites (N-methyl/N-ethyl adjacent to an activating group) is 1. The van der Waals surface area contributed by atoms with Crippen LogP contribution in [0.25, 0.3) is 0 Å². The van der Waals surface area contributed by atoms with Crippen molar-refractivity contribution in [3.8, 4) is 5.75 Å². The summed E-state index contributed by atoms with van der Waals surface area (Å²) < 4.78 is 46.5. The van der Waals surface area contributed by atoms with Crippen LogP contribution < -0.4 is 15.4 Å². The number of benzene rings is 2. The van der Waals surface area contributed by atoms with Crippen molar-refractivity contribution < 1.29 is 41.8 Å². The summed E-state index contributed by atoms with van der Waals surface area (Å²) >= 11 is 0. The molecule has 37 heavy (non-hydrogen) atoms. The van der Waals surface area contributed by atoms with Gasteiger partial charge in [-0.2, -0.15) is 13.2 Å². The Kier molecular flexibility index (Phi) is 8.15. The Labute approximate surface area is 209 Å². The SMILES string of the molecule is CCN1C(=O)CN(CCC(=O)OC(=O)C(F)(F)F)C(=O)c2cc(OCc3cccc(C(=N)N)c3)ccc21. The number of esters is 2. The molecule has 13 heteroatoms. The number of rotatable bonds is 8. The number of hydrogen-bond donors (Lipinski definition) is 2. The number of carbonyl (C=O) groups excluding carboxylic acids is 4. The average Bonchev–Trinajstić information content (AvgIpc) is 2.94. The number of nitrogens with two attached hydrogens (primary N) is 1. The maximum atomic E-state index is 13.2. The number of amidine groups is 1. The van der Waals surface area contributed by atoms with E-state index in [4.69, 9.17) is 15.9 Å². The Morgan fingerprint density at radius 3 is 2.51 bits per heavy atom. The lowest BCUT2D eigenvalue weighted by Crippen LogP contribution is -2.40. The van der Waals surface area contributed by atoms with Gasteiger partial charge in [-0.25, -0.2) is 4.79 Å². The smallest absolute Gasteiger partial charge is 0.489 e. The highest BCUT2D eigenvalue weighted by Gasteiger charge is 2.42. The summed E-state index contributed by atoms with van der Waals surface area (Å²) in [6.45, 7) is 1.14. The summed E-state index contributed by atoms with van der Waals surface area (Å²) in [5, 5.41) is 7.54. The lowest BCUT2D eigenvalue weighted by Gasteiger charge is -2.21. The molecule has 1 aliphatic heterocycles. The van der Waals surface area contributed by atoms with Gasteiger partial charge in [0.05, 0.1) is 17.7 Å². The van der Waals surface area contributed by atoms with Gasteiger partial charge in [0.1, 0.15) is 24.7 Å². The maximum Gasteiger partial charge on any atom is 0.491 e. The molecule has 2 amide bonds. The molecule has 0 radical (unpaired) electrons. The molecule has 2 aromatic rings. The molecule has 0 saturated carbocycles. The number of nitrogens with zero attached hydrogens (tertiary/aromatic N) is 2. The second kappa shape index (κ2) is 11.1. The van der Waals surface area contributed by atoms with E-state index < -0.39 is 49.4 Å². The molecule has 2 aromatic carbocycles. The molecule has 0 aliphatic carbocycles. The summed E-state index contributed by atoms with van der Waals surface area (Å²) in [6, 6.07) is 11.4. The van der Waals surface area contributed by atoms with E-state index in [-0.39, 0.29) is 24.6 Å². The highest BCUT2D eigenvalue weighted by molar-refractivity contribution is 6.10.